The Hall–Kier alpha value is -4.55. The van der Waals surface area contributed by atoms with Gasteiger partial charge in [-0.25, -0.2) is 9.79 Å². The summed E-state index contributed by atoms with van der Waals surface area (Å²) in [6, 6.07) is 15.8. The van der Waals surface area contributed by atoms with Crippen molar-refractivity contribution in [3.05, 3.63) is 107 Å². The maximum absolute atomic E-state index is 14.0. The smallest absolute Gasteiger partial charge is 0.338 e. The molecule has 0 N–H and O–H groups in total. The van der Waals surface area contributed by atoms with Crippen LogP contribution in [-0.2, 0) is 16.1 Å². The van der Waals surface area contributed by atoms with Crippen LogP contribution in [0.4, 0.5) is 0 Å². The first-order valence-corrected chi connectivity index (χ1v) is 15.6. The lowest BCUT2D eigenvalue weighted by atomic mass is 9.96. The number of carbonyl (C=O) groups excluding carboxylic acids is 1. The number of methoxy groups -OCH3 is 2. The third-order valence-corrected chi connectivity index (χ3v) is 8.93. The van der Waals surface area contributed by atoms with Gasteiger partial charge in [0, 0.05) is 0 Å². The molecule has 3 heterocycles. The number of fused-ring (bicyclic) bond motifs is 2. The largest absolute Gasteiger partial charge is 0.496 e. The third-order valence-electron chi connectivity index (χ3n) is 7.33. The second-order valence-corrected chi connectivity index (χ2v) is 11.9. The number of carbonyl (C=O) groups is 1. The Kier molecular flexibility index (Phi) is 8.68. The minimum absolute atomic E-state index is 0.192. The number of aromatic nitrogens is 1. The minimum atomic E-state index is -0.744. The molecular formula is C33H29BrN2O8S. The van der Waals surface area contributed by atoms with E-state index in [1.807, 2.05) is 36.4 Å². The van der Waals surface area contributed by atoms with Crippen LogP contribution >= 0.6 is 27.3 Å². The molecule has 3 aromatic carbocycles. The van der Waals surface area contributed by atoms with Crippen molar-refractivity contribution in [3.8, 4) is 28.7 Å². The molecule has 0 bridgehead atoms. The van der Waals surface area contributed by atoms with Gasteiger partial charge in [0.2, 0.25) is 6.79 Å². The minimum Gasteiger partial charge on any atom is -0.496 e. The highest BCUT2D eigenvalue weighted by Gasteiger charge is 2.33. The van der Waals surface area contributed by atoms with Gasteiger partial charge in [0.25, 0.3) is 5.56 Å². The van der Waals surface area contributed by atoms with Crippen LogP contribution in [0.15, 0.2) is 80.1 Å². The SMILES string of the molecule is CCOC(=O)C1=C(C)N=c2s/c(=C/c3ccc(OCc4ccc5c(c4)OCO5)c(OC)c3)c(=O)n2[C@H]1c1ccc(OC)c(Br)c1. The molecule has 45 heavy (non-hydrogen) atoms. The second-order valence-electron chi connectivity index (χ2n) is 10.1. The van der Waals surface area contributed by atoms with Crippen molar-refractivity contribution >= 4 is 39.3 Å². The van der Waals surface area contributed by atoms with Crippen molar-refractivity contribution in [3.63, 3.8) is 0 Å². The predicted octanol–water partition coefficient (Wildman–Crippen LogP) is 4.89. The van der Waals surface area contributed by atoms with Gasteiger partial charge in [-0.3, -0.25) is 9.36 Å². The number of ether oxygens (including phenoxy) is 6. The number of benzene rings is 3. The molecular weight excluding hydrogens is 664 g/mol. The van der Waals surface area contributed by atoms with Gasteiger partial charge in [-0.05, 0) is 88.9 Å². The standard InChI is InChI=1S/C33H29BrN2O8S/c1-5-41-32(38)29-18(2)35-33-36(30(29)21-8-11-23(39-3)22(34)15-21)31(37)28(45-33)14-19-6-9-24(26(12-19)40-4)42-16-20-7-10-25-27(13-20)44-17-43-25/h6-15,30H,5,16-17H2,1-4H3/b28-14+/t30-/m0/s1. The van der Waals surface area contributed by atoms with Gasteiger partial charge in [0.1, 0.15) is 12.4 Å². The van der Waals surface area contributed by atoms with E-state index in [1.54, 1.807) is 56.9 Å². The molecule has 10 nitrogen and oxygen atoms in total. The van der Waals surface area contributed by atoms with Gasteiger partial charge in [-0.15, -0.1) is 0 Å². The van der Waals surface area contributed by atoms with E-state index in [9.17, 15) is 9.59 Å². The van der Waals surface area contributed by atoms with Crippen LogP contribution in [-0.4, -0.2) is 38.2 Å². The third kappa shape index (κ3) is 5.95. The van der Waals surface area contributed by atoms with Crippen LogP contribution < -0.4 is 38.6 Å². The van der Waals surface area contributed by atoms with Gasteiger partial charge < -0.3 is 28.4 Å². The summed E-state index contributed by atoms with van der Waals surface area (Å²) < 4.78 is 36.0. The lowest BCUT2D eigenvalue weighted by molar-refractivity contribution is -0.139. The van der Waals surface area contributed by atoms with E-state index in [0.29, 0.717) is 66.0 Å². The number of thiazole rings is 1. The molecule has 12 heteroatoms. The van der Waals surface area contributed by atoms with Gasteiger partial charge in [-0.1, -0.05) is 29.5 Å². The first kappa shape index (κ1) is 30.5. The predicted molar refractivity (Wildman–Crippen MR) is 171 cm³/mol. The average molecular weight is 694 g/mol. The van der Waals surface area contributed by atoms with Crippen LogP contribution in [0, 0.1) is 0 Å². The molecule has 2 aliphatic rings. The lowest BCUT2D eigenvalue weighted by Crippen LogP contribution is -2.39. The average Bonchev–Trinajstić information content (AvgIpc) is 3.63. The Balaban J connectivity index is 1.36. The molecule has 0 aliphatic carbocycles. The zero-order valence-corrected chi connectivity index (χ0v) is 27.3. The van der Waals surface area contributed by atoms with Gasteiger partial charge in [-0.2, -0.15) is 0 Å². The van der Waals surface area contributed by atoms with E-state index in [2.05, 4.69) is 20.9 Å². The second kappa shape index (κ2) is 12.8. The molecule has 0 amide bonds. The molecule has 0 radical (unpaired) electrons. The van der Waals surface area contributed by atoms with Crippen LogP contribution in [0.3, 0.4) is 0 Å². The molecule has 232 valence electrons. The van der Waals surface area contributed by atoms with Crippen LogP contribution in [0.2, 0.25) is 0 Å². The maximum atomic E-state index is 14.0. The zero-order chi connectivity index (χ0) is 31.7. The van der Waals surface area contributed by atoms with Gasteiger partial charge >= 0.3 is 5.97 Å². The lowest BCUT2D eigenvalue weighted by Gasteiger charge is -2.25. The number of halogens is 1. The molecule has 0 saturated heterocycles. The summed E-state index contributed by atoms with van der Waals surface area (Å²) in [5.41, 5.74) is 2.87. The summed E-state index contributed by atoms with van der Waals surface area (Å²) in [6.45, 7) is 4.19. The van der Waals surface area contributed by atoms with Crippen molar-refractivity contribution in [2.75, 3.05) is 27.6 Å². The fraction of sp³-hybridized carbons (Fsp3) is 0.242. The normalized spacial score (nSPS) is 15.4. The highest BCUT2D eigenvalue weighted by atomic mass is 79.9. The fourth-order valence-electron chi connectivity index (χ4n) is 5.20. The monoisotopic (exact) mass is 692 g/mol. The van der Waals surface area contributed by atoms with Gasteiger partial charge in [0.05, 0.1) is 47.1 Å². The van der Waals surface area contributed by atoms with E-state index < -0.39 is 12.0 Å². The molecule has 0 saturated carbocycles. The Bertz CT molecular complexity index is 2020. The van der Waals surface area contributed by atoms with E-state index >= 15 is 0 Å². The molecule has 1 atom stereocenters. The molecule has 6 rings (SSSR count). The van der Waals surface area contributed by atoms with E-state index in [4.69, 9.17) is 28.4 Å². The number of hydrogen-bond acceptors (Lipinski definition) is 10. The van der Waals surface area contributed by atoms with Crippen molar-refractivity contribution < 1.29 is 33.2 Å². The van der Waals surface area contributed by atoms with Crippen LogP contribution in [0.25, 0.3) is 6.08 Å². The van der Waals surface area contributed by atoms with Crippen molar-refractivity contribution in [1.82, 2.24) is 4.57 Å². The molecule has 0 fully saturated rings. The van der Waals surface area contributed by atoms with Crippen molar-refractivity contribution in [2.45, 2.75) is 26.5 Å². The van der Waals surface area contributed by atoms with E-state index in [1.165, 1.54) is 11.3 Å². The maximum Gasteiger partial charge on any atom is 0.338 e. The summed E-state index contributed by atoms with van der Waals surface area (Å²) in [4.78, 5) is 32.3. The molecule has 1 aromatic heterocycles. The quantitative estimate of drug-likeness (QED) is 0.229. The first-order valence-electron chi connectivity index (χ1n) is 14.0. The summed E-state index contributed by atoms with van der Waals surface area (Å²) in [6.07, 6.45) is 1.78. The van der Waals surface area contributed by atoms with E-state index in [0.717, 1.165) is 11.1 Å². The summed E-state index contributed by atoms with van der Waals surface area (Å²) >= 11 is 4.78. The topological polar surface area (TPSA) is 107 Å². The van der Waals surface area contributed by atoms with E-state index in [-0.39, 0.29) is 19.0 Å². The molecule has 2 aliphatic heterocycles. The fourth-order valence-corrected chi connectivity index (χ4v) is 6.80. The molecule has 0 spiro atoms. The number of hydrogen-bond donors (Lipinski definition) is 0. The number of rotatable bonds is 9. The summed E-state index contributed by atoms with van der Waals surface area (Å²) in [5, 5.41) is 0. The van der Waals surface area contributed by atoms with Crippen LogP contribution in [0.1, 0.15) is 36.6 Å². The number of esters is 1. The Morgan fingerprint density at radius 1 is 1.04 bits per heavy atom. The first-order chi connectivity index (χ1) is 21.8. The number of nitrogens with zero attached hydrogens (tertiary/aromatic N) is 2. The highest BCUT2D eigenvalue weighted by molar-refractivity contribution is 9.10. The van der Waals surface area contributed by atoms with Crippen LogP contribution in [0.5, 0.6) is 28.7 Å². The molecule has 0 unspecified atom stereocenters. The Morgan fingerprint density at radius 2 is 1.82 bits per heavy atom. The Labute approximate surface area is 270 Å². The Morgan fingerprint density at radius 3 is 2.58 bits per heavy atom. The summed E-state index contributed by atoms with van der Waals surface area (Å²) in [5.74, 6) is 2.56. The number of allylic oxidation sites excluding steroid dienone is 1. The van der Waals surface area contributed by atoms with Crippen molar-refractivity contribution in [1.29, 1.82) is 0 Å². The highest BCUT2D eigenvalue weighted by Crippen LogP contribution is 2.36. The van der Waals surface area contributed by atoms with Gasteiger partial charge in [0.15, 0.2) is 27.8 Å². The summed E-state index contributed by atoms with van der Waals surface area (Å²) in [7, 11) is 3.14. The molecule has 4 aromatic rings. The zero-order valence-electron chi connectivity index (χ0n) is 24.9. The van der Waals surface area contributed by atoms with Crippen molar-refractivity contribution in [2.24, 2.45) is 4.99 Å².